The van der Waals surface area contributed by atoms with Crippen molar-refractivity contribution in [2.45, 2.75) is 22.5 Å². The molecule has 0 aromatic heterocycles. The van der Waals surface area contributed by atoms with Crippen molar-refractivity contribution in [2.24, 2.45) is 4.99 Å². The minimum atomic E-state index is -4.13. The number of ether oxygens (including phenoxy) is 2. The first-order valence-corrected chi connectivity index (χ1v) is 12.6. The molecule has 2 heterocycles. The van der Waals surface area contributed by atoms with Crippen LogP contribution in [0.4, 0.5) is 0 Å². The molecule has 188 valence electrons. The third-order valence-electron chi connectivity index (χ3n) is 6.20. The van der Waals surface area contributed by atoms with Crippen molar-refractivity contribution in [2.75, 3.05) is 20.3 Å². The summed E-state index contributed by atoms with van der Waals surface area (Å²) >= 11 is 0. The zero-order valence-electron chi connectivity index (χ0n) is 19.4. The van der Waals surface area contributed by atoms with Crippen LogP contribution in [0.5, 0.6) is 5.75 Å². The number of benzene rings is 2. The maximum absolute atomic E-state index is 13.4. The number of aliphatic imine (C=N–C) groups is 1. The number of Topliss-reactive ketones (excluding diaryl/α,β-unsaturated/α-hetero) is 1. The van der Waals surface area contributed by atoms with E-state index in [0.29, 0.717) is 22.6 Å². The van der Waals surface area contributed by atoms with Crippen LogP contribution in [0.1, 0.15) is 28.8 Å². The van der Waals surface area contributed by atoms with Gasteiger partial charge in [0.2, 0.25) is 5.78 Å². The van der Waals surface area contributed by atoms with Crippen LogP contribution in [0.2, 0.25) is 0 Å². The molecular weight excluding hydrogens is 486 g/mol. The van der Waals surface area contributed by atoms with Crippen molar-refractivity contribution in [3.63, 3.8) is 0 Å². The average Bonchev–Trinajstić information content (AvgIpc) is 3.19. The normalized spacial score (nSPS) is 17.2. The van der Waals surface area contributed by atoms with Gasteiger partial charge in [0.1, 0.15) is 11.5 Å². The van der Waals surface area contributed by atoms with Gasteiger partial charge in [-0.1, -0.05) is 12.1 Å². The molecule has 0 aliphatic carbocycles. The number of sulfone groups is 1. The van der Waals surface area contributed by atoms with E-state index in [-0.39, 0.29) is 42.4 Å². The van der Waals surface area contributed by atoms with E-state index < -0.39 is 20.5 Å². The first kappa shape index (κ1) is 25.3. The Kier molecular flexibility index (Phi) is 7.34. The van der Waals surface area contributed by atoms with E-state index in [4.69, 9.17) is 9.47 Å². The second-order valence-corrected chi connectivity index (χ2v) is 10.4. The number of amides is 1. The van der Waals surface area contributed by atoms with Crippen LogP contribution in [-0.2, 0) is 19.4 Å². The number of nitrogens with zero attached hydrogens (tertiary/aromatic N) is 1. The van der Waals surface area contributed by atoms with Crippen LogP contribution in [0.15, 0.2) is 76.9 Å². The molecule has 2 aromatic carbocycles. The van der Waals surface area contributed by atoms with Crippen LogP contribution >= 0.6 is 0 Å². The Hall–Kier alpha value is -3.80. The van der Waals surface area contributed by atoms with Gasteiger partial charge in [-0.2, -0.15) is 0 Å². The van der Waals surface area contributed by atoms with E-state index in [1.807, 2.05) is 0 Å². The minimum absolute atomic E-state index is 0.0552. The molecule has 0 radical (unpaired) electrons. The first-order valence-electron chi connectivity index (χ1n) is 11.1. The fraction of sp³-hybridized carbons (Fsp3) is 0.240. The quantitative estimate of drug-likeness (QED) is 0.292. The summed E-state index contributed by atoms with van der Waals surface area (Å²) in [4.78, 5) is 29.5. The maximum atomic E-state index is 13.4. The van der Waals surface area contributed by atoms with Gasteiger partial charge in [-0.05, 0) is 60.9 Å². The topological polar surface area (TPSA) is 143 Å². The monoisotopic (exact) mass is 511 g/mol. The van der Waals surface area contributed by atoms with Gasteiger partial charge in [-0.15, -0.1) is 0 Å². The van der Waals surface area contributed by atoms with Crippen LogP contribution in [-0.4, -0.2) is 56.1 Å². The zero-order chi connectivity index (χ0) is 25.8. The highest BCUT2D eigenvalue weighted by Crippen LogP contribution is 2.35. The van der Waals surface area contributed by atoms with E-state index in [2.05, 4.69) is 10.3 Å². The largest absolute Gasteiger partial charge is 0.497 e. The fourth-order valence-corrected chi connectivity index (χ4v) is 6.01. The average molecular weight is 512 g/mol. The lowest BCUT2D eigenvalue weighted by atomic mass is 9.98. The van der Waals surface area contributed by atoms with Crippen molar-refractivity contribution in [3.05, 3.63) is 78.1 Å². The minimum Gasteiger partial charge on any atom is -0.497 e. The number of rotatable bonds is 7. The third kappa shape index (κ3) is 4.68. The second kappa shape index (κ2) is 10.4. The standard InChI is InChI=1S/C25H25N3O7S/c1-34-19-6-2-18(3-7-19)23(29)21-10-13-26-22(16-27-21)17-4-8-20(9-5-17)36(32,33)25(24(30)28-31)11-14-35-15-12-25/h2-10,13,16,26,31H,11-12,14-15H2,1H3,(H,28,30). The van der Waals surface area contributed by atoms with Gasteiger partial charge < -0.3 is 14.8 Å². The molecule has 10 nitrogen and oxygen atoms in total. The summed E-state index contributed by atoms with van der Waals surface area (Å²) in [6.45, 7) is 0.174. The lowest BCUT2D eigenvalue weighted by Gasteiger charge is -2.34. The van der Waals surface area contributed by atoms with Crippen LogP contribution < -0.4 is 15.5 Å². The second-order valence-electron chi connectivity index (χ2n) is 8.17. The molecule has 2 aliphatic heterocycles. The molecule has 0 atom stereocenters. The molecule has 0 bridgehead atoms. The highest BCUT2D eigenvalue weighted by molar-refractivity contribution is 7.93. The van der Waals surface area contributed by atoms with Crippen LogP contribution in [0, 0.1) is 0 Å². The van der Waals surface area contributed by atoms with Crippen molar-refractivity contribution < 1.29 is 32.7 Å². The molecule has 2 aliphatic rings. The van der Waals surface area contributed by atoms with E-state index in [0.717, 1.165) is 0 Å². The summed E-state index contributed by atoms with van der Waals surface area (Å²) in [5, 5.41) is 12.2. The Balaban J connectivity index is 1.58. The molecule has 2 aromatic rings. The Morgan fingerprint density at radius 2 is 1.75 bits per heavy atom. The molecule has 0 unspecified atom stereocenters. The van der Waals surface area contributed by atoms with E-state index in [1.54, 1.807) is 55.8 Å². The molecule has 4 rings (SSSR count). The number of allylic oxidation sites excluding steroid dienone is 1. The number of carbonyl (C=O) groups is 2. The number of hydroxylamine groups is 1. The third-order valence-corrected chi connectivity index (χ3v) is 8.72. The van der Waals surface area contributed by atoms with Gasteiger partial charge in [0.15, 0.2) is 14.6 Å². The Labute approximate surface area is 208 Å². The number of methoxy groups -OCH3 is 1. The molecule has 0 saturated carbocycles. The van der Waals surface area contributed by atoms with Gasteiger partial charge in [0.25, 0.3) is 5.91 Å². The van der Waals surface area contributed by atoms with Crippen LogP contribution in [0.25, 0.3) is 5.70 Å². The van der Waals surface area contributed by atoms with Crippen molar-refractivity contribution in [3.8, 4) is 5.75 Å². The van der Waals surface area contributed by atoms with E-state index in [9.17, 15) is 23.2 Å². The Morgan fingerprint density at radius 3 is 2.36 bits per heavy atom. The number of hydrogen-bond donors (Lipinski definition) is 3. The molecule has 1 saturated heterocycles. The van der Waals surface area contributed by atoms with Gasteiger partial charge in [0, 0.05) is 25.0 Å². The molecule has 36 heavy (non-hydrogen) atoms. The summed E-state index contributed by atoms with van der Waals surface area (Å²) in [5.74, 6) is -0.603. The smallest absolute Gasteiger partial charge is 0.265 e. The highest BCUT2D eigenvalue weighted by Gasteiger charge is 2.52. The van der Waals surface area contributed by atoms with E-state index in [1.165, 1.54) is 23.8 Å². The van der Waals surface area contributed by atoms with Crippen molar-refractivity contribution in [1.82, 2.24) is 10.8 Å². The Bertz CT molecular complexity index is 1340. The van der Waals surface area contributed by atoms with Crippen molar-refractivity contribution >= 4 is 32.9 Å². The predicted molar refractivity (Wildman–Crippen MR) is 131 cm³/mol. The SMILES string of the molecule is COc1ccc(C(=O)C2=NC=C(c3ccc(S(=O)(=O)C4(C(=O)NO)CCOCC4)cc3)NC=C2)cc1. The van der Waals surface area contributed by atoms with Crippen LogP contribution in [0.3, 0.4) is 0 Å². The molecule has 3 N–H and O–H groups in total. The summed E-state index contributed by atoms with van der Waals surface area (Å²) in [5.41, 5.74) is 3.34. The van der Waals surface area contributed by atoms with Gasteiger partial charge in [-0.3, -0.25) is 19.8 Å². The summed E-state index contributed by atoms with van der Waals surface area (Å²) < 4.78 is 35.4. The highest BCUT2D eigenvalue weighted by atomic mass is 32.2. The lowest BCUT2D eigenvalue weighted by molar-refractivity contribution is -0.134. The van der Waals surface area contributed by atoms with Gasteiger partial charge in [-0.25, -0.2) is 13.9 Å². The molecule has 0 spiro atoms. The zero-order valence-corrected chi connectivity index (χ0v) is 20.2. The fourth-order valence-electron chi connectivity index (χ4n) is 4.07. The molecule has 1 amide bonds. The Morgan fingerprint density at radius 1 is 1.08 bits per heavy atom. The van der Waals surface area contributed by atoms with Gasteiger partial charge >= 0.3 is 0 Å². The number of ketones is 1. The van der Waals surface area contributed by atoms with Crippen molar-refractivity contribution in [1.29, 1.82) is 0 Å². The molecule has 1 fully saturated rings. The summed E-state index contributed by atoms with van der Waals surface area (Å²) in [6.07, 6.45) is 4.48. The molecular formula is C25H25N3O7S. The molecule has 11 heteroatoms. The number of nitrogens with one attached hydrogen (secondary N) is 2. The maximum Gasteiger partial charge on any atom is 0.265 e. The summed E-state index contributed by atoms with van der Waals surface area (Å²) in [6, 6.07) is 12.7. The number of hydrogen-bond acceptors (Lipinski definition) is 9. The van der Waals surface area contributed by atoms with Gasteiger partial charge in [0.05, 0.1) is 23.9 Å². The lowest BCUT2D eigenvalue weighted by Crippen LogP contribution is -2.54. The first-order chi connectivity index (χ1) is 17.3. The summed E-state index contributed by atoms with van der Waals surface area (Å²) in [7, 11) is -2.59. The number of carbonyl (C=O) groups excluding carboxylic acids is 2. The van der Waals surface area contributed by atoms with E-state index >= 15 is 0 Å². The predicted octanol–water partition coefficient (Wildman–Crippen LogP) is 2.26.